The number of hydrogen-bond acceptors (Lipinski definition) is 4. The number of aromatic nitrogens is 1. The largest absolute Gasteiger partial charge is 0.361 e. The van der Waals surface area contributed by atoms with Gasteiger partial charge < -0.3 is 9.84 Å². The highest BCUT2D eigenvalue weighted by molar-refractivity contribution is 5.99. The molecular weight excluding hydrogens is 263 g/mol. The zero-order valence-corrected chi connectivity index (χ0v) is 10.9. The molecule has 0 radical (unpaired) electrons. The van der Waals surface area contributed by atoms with Crippen LogP contribution in [0.25, 0.3) is 0 Å². The third kappa shape index (κ3) is 3.74. The minimum absolute atomic E-state index is 0.0496. The molecule has 1 N–H and O–H groups in total. The number of benzene rings is 1. The molecule has 0 spiro atoms. The van der Waals surface area contributed by atoms with E-state index in [1.165, 1.54) is 24.3 Å². The smallest absolute Gasteiger partial charge is 0.226 e. The van der Waals surface area contributed by atoms with Crippen molar-refractivity contribution in [2.24, 2.45) is 0 Å². The molecule has 0 aliphatic heterocycles. The van der Waals surface area contributed by atoms with Crippen LogP contribution >= 0.6 is 0 Å². The third-order valence-electron chi connectivity index (χ3n) is 2.63. The van der Waals surface area contributed by atoms with Crippen LogP contribution in [0.1, 0.15) is 21.8 Å². The van der Waals surface area contributed by atoms with E-state index < -0.39 is 5.82 Å². The fourth-order valence-electron chi connectivity index (χ4n) is 1.64. The van der Waals surface area contributed by atoms with Gasteiger partial charge in [-0.15, -0.1) is 0 Å². The molecule has 0 bridgehead atoms. The molecule has 1 aromatic carbocycles. The number of carbonyl (C=O) groups excluding carboxylic acids is 2. The third-order valence-corrected chi connectivity index (χ3v) is 2.63. The van der Waals surface area contributed by atoms with Crippen molar-refractivity contribution in [2.75, 3.05) is 6.54 Å². The number of ketones is 1. The van der Waals surface area contributed by atoms with Gasteiger partial charge in [-0.25, -0.2) is 4.39 Å². The van der Waals surface area contributed by atoms with Crippen molar-refractivity contribution >= 4 is 11.7 Å². The first-order chi connectivity index (χ1) is 9.54. The van der Waals surface area contributed by atoms with E-state index in [1.807, 2.05) is 0 Å². The van der Waals surface area contributed by atoms with Crippen molar-refractivity contribution in [3.8, 4) is 0 Å². The number of halogens is 1. The Morgan fingerprint density at radius 2 is 2.00 bits per heavy atom. The number of carbonyl (C=O) groups is 2. The van der Waals surface area contributed by atoms with E-state index >= 15 is 0 Å². The maximum atomic E-state index is 12.7. The van der Waals surface area contributed by atoms with E-state index in [-0.39, 0.29) is 24.7 Å². The maximum absolute atomic E-state index is 12.7. The van der Waals surface area contributed by atoms with Gasteiger partial charge in [0, 0.05) is 11.6 Å². The Bertz CT molecular complexity index is 620. The molecule has 0 atom stereocenters. The van der Waals surface area contributed by atoms with Crippen LogP contribution in [0.15, 0.2) is 34.9 Å². The standard InChI is InChI=1S/C14H13FN2O3/c1-9-6-12(17-20-9)7-14(19)16-8-13(18)10-2-4-11(15)5-3-10/h2-6H,7-8H2,1H3,(H,16,19). The zero-order chi connectivity index (χ0) is 14.5. The summed E-state index contributed by atoms with van der Waals surface area (Å²) in [5.74, 6) is -0.398. The number of nitrogens with zero attached hydrogens (tertiary/aromatic N) is 1. The molecule has 0 saturated carbocycles. The fraction of sp³-hybridized carbons (Fsp3) is 0.214. The number of hydrogen-bond donors (Lipinski definition) is 1. The van der Waals surface area contributed by atoms with Crippen molar-refractivity contribution in [1.29, 1.82) is 0 Å². The van der Waals surface area contributed by atoms with Crippen molar-refractivity contribution < 1.29 is 18.5 Å². The summed E-state index contributed by atoms with van der Waals surface area (Å²) < 4.78 is 17.6. The monoisotopic (exact) mass is 276 g/mol. The van der Waals surface area contributed by atoms with E-state index in [0.29, 0.717) is 17.0 Å². The maximum Gasteiger partial charge on any atom is 0.226 e. The Kier molecular flexibility index (Phi) is 4.24. The van der Waals surface area contributed by atoms with Gasteiger partial charge in [0.15, 0.2) is 5.78 Å². The van der Waals surface area contributed by atoms with Crippen LogP contribution in [0.2, 0.25) is 0 Å². The summed E-state index contributed by atoms with van der Waals surface area (Å²) in [7, 11) is 0. The quantitative estimate of drug-likeness (QED) is 0.843. The normalized spacial score (nSPS) is 10.3. The summed E-state index contributed by atoms with van der Waals surface area (Å²) in [5.41, 5.74) is 0.859. The molecule has 104 valence electrons. The predicted molar refractivity (Wildman–Crippen MR) is 68.7 cm³/mol. The number of amides is 1. The number of nitrogens with one attached hydrogen (secondary N) is 1. The average molecular weight is 276 g/mol. The molecule has 0 fully saturated rings. The lowest BCUT2D eigenvalue weighted by Crippen LogP contribution is -2.30. The lowest BCUT2D eigenvalue weighted by atomic mass is 10.1. The van der Waals surface area contributed by atoms with Gasteiger partial charge in [0.2, 0.25) is 5.91 Å². The lowest BCUT2D eigenvalue weighted by molar-refractivity contribution is -0.120. The highest BCUT2D eigenvalue weighted by atomic mass is 19.1. The molecule has 0 unspecified atom stereocenters. The molecule has 0 aliphatic carbocycles. The van der Waals surface area contributed by atoms with Crippen LogP contribution < -0.4 is 5.32 Å². The Morgan fingerprint density at radius 1 is 1.30 bits per heavy atom. The molecule has 2 rings (SSSR count). The van der Waals surface area contributed by atoms with Crippen LogP contribution in [0.5, 0.6) is 0 Å². The molecule has 5 nitrogen and oxygen atoms in total. The van der Waals surface area contributed by atoms with Gasteiger partial charge in [-0.2, -0.15) is 0 Å². The number of rotatable bonds is 5. The summed E-state index contributed by atoms with van der Waals surface area (Å²) in [6.45, 7) is 1.59. The Labute approximate surface area is 114 Å². The summed E-state index contributed by atoms with van der Waals surface area (Å²) in [5, 5.41) is 6.18. The molecule has 2 aromatic rings. The van der Waals surface area contributed by atoms with Crippen molar-refractivity contribution in [1.82, 2.24) is 10.5 Å². The second-order valence-electron chi connectivity index (χ2n) is 4.31. The minimum Gasteiger partial charge on any atom is -0.361 e. The highest BCUT2D eigenvalue weighted by Gasteiger charge is 2.10. The van der Waals surface area contributed by atoms with Crippen molar-refractivity contribution in [3.63, 3.8) is 0 Å². The molecule has 0 aliphatic rings. The molecule has 1 heterocycles. The van der Waals surface area contributed by atoms with Crippen LogP contribution in [0.3, 0.4) is 0 Å². The predicted octanol–water partition coefficient (Wildman–Crippen LogP) is 1.66. The fourth-order valence-corrected chi connectivity index (χ4v) is 1.64. The summed E-state index contributed by atoms with van der Waals surface area (Å²) in [6, 6.07) is 6.82. The number of Topliss-reactive ketones (excluding diaryl/α,β-unsaturated/α-hetero) is 1. The van der Waals surface area contributed by atoms with Gasteiger partial charge in [-0.1, -0.05) is 5.16 Å². The second kappa shape index (κ2) is 6.10. The van der Waals surface area contributed by atoms with Gasteiger partial charge in [-0.05, 0) is 31.2 Å². The Hall–Kier alpha value is -2.50. The van der Waals surface area contributed by atoms with E-state index in [4.69, 9.17) is 4.52 Å². The summed E-state index contributed by atoms with van der Waals surface area (Å²) in [6.07, 6.45) is 0.0496. The van der Waals surface area contributed by atoms with Crippen LogP contribution in [0, 0.1) is 12.7 Å². The summed E-state index contributed by atoms with van der Waals surface area (Å²) in [4.78, 5) is 23.4. The Morgan fingerprint density at radius 3 is 2.60 bits per heavy atom. The van der Waals surface area contributed by atoms with E-state index in [2.05, 4.69) is 10.5 Å². The molecule has 20 heavy (non-hydrogen) atoms. The van der Waals surface area contributed by atoms with E-state index in [9.17, 15) is 14.0 Å². The Balaban J connectivity index is 1.84. The first-order valence-electron chi connectivity index (χ1n) is 6.02. The van der Waals surface area contributed by atoms with Crippen LogP contribution in [-0.4, -0.2) is 23.4 Å². The van der Waals surface area contributed by atoms with Gasteiger partial charge in [0.1, 0.15) is 11.6 Å². The first-order valence-corrected chi connectivity index (χ1v) is 6.02. The van der Waals surface area contributed by atoms with Crippen molar-refractivity contribution in [2.45, 2.75) is 13.3 Å². The average Bonchev–Trinajstić information content (AvgIpc) is 2.82. The van der Waals surface area contributed by atoms with Crippen LogP contribution in [-0.2, 0) is 11.2 Å². The number of aryl methyl sites for hydroxylation is 1. The molecular formula is C14H13FN2O3. The topological polar surface area (TPSA) is 72.2 Å². The highest BCUT2D eigenvalue weighted by Crippen LogP contribution is 2.04. The second-order valence-corrected chi connectivity index (χ2v) is 4.31. The molecule has 1 aromatic heterocycles. The van der Waals surface area contributed by atoms with Gasteiger partial charge >= 0.3 is 0 Å². The van der Waals surface area contributed by atoms with Crippen LogP contribution in [0.4, 0.5) is 4.39 Å². The molecule has 0 saturated heterocycles. The summed E-state index contributed by atoms with van der Waals surface area (Å²) >= 11 is 0. The molecule has 1 amide bonds. The first kappa shape index (κ1) is 13.9. The zero-order valence-electron chi connectivity index (χ0n) is 10.9. The minimum atomic E-state index is -0.410. The van der Waals surface area contributed by atoms with Gasteiger partial charge in [0.25, 0.3) is 0 Å². The SMILES string of the molecule is Cc1cc(CC(=O)NCC(=O)c2ccc(F)cc2)no1. The van der Waals surface area contributed by atoms with Gasteiger partial charge in [0.05, 0.1) is 18.7 Å². The van der Waals surface area contributed by atoms with Gasteiger partial charge in [-0.3, -0.25) is 9.59 Å². The lowest BCUT2D eigenvalue weighted by Gasteiger charge is -2.03. The van der Waals surface area contributed by atoms with E-state index in [0.717, 1.165) is 0 Å². The molecule has 6 heteroatoms. The van der Waals surface area contributed by atoms with Crippen molar-refractivity contribution in [3.05, 3.63) is 53.2 Å². The van der Waals surface area contributed by atoms with E-state index in [1.54, 1.807) is 13.0 Å².